The third-order valence-corrected chi connectivity index (χ3v) is 2.40. The van der Waals surface area contributed by atoms with E-state index in [2.05, 4.69) is 0 Å². The van der Waals surface area contributed by atoms with Gasteiger partial charge in [-0.3, -0.25) is 4.79 Å². The van der Waals surface area contributed by atoms with E-state index in [1.807, 2.05) is 0 Å². The maximum Gasteiger partial charge on any atom is 0.509 e. The fourth-order valence-electron chi connectivity index (χ4n) is 1.56. The Morgan fingerprint density at radius 1 is 0.938 bits per heavy atom. The molecule has 0 unspecified atom stereocenters. The quantitative estimate of drug-likeness (QED) is 0.565. The fraction of sp³-hybridized carbons (Fsp3) is 0. The maximum absolute atomic E-state index is 12.5. The molecule has 0 N–H and O–H groups in total. The number of carbonyl (C=O) groups is 1. The van der Waals surface area contributed by atoms with E-state index in [0.29, 0.717) is 22.6 Å². The van der Waals surface area contributed by atoms with Gasteiger partial charge in [0.15, 0.2) is 0 Å². The third kappa shape index (κ3) is 1.93. The van der Waals surface area contributed by atoms with Crippen molar-refractivity contribution >= 4 is 29.5 Å². The van der Waals surface area contributed by atoms with Crippen LogP contribution in [-0.4, -0.2) is 13.3 Å². The van der Waals surface area contributed by atoms with E-state index in [0.717, 1.165) is 12.1 Å². The minimum Gasteiger partial charge on any atom is -0.445 e. The molecule has 82 valence electrons. The lowest BCUT2D eigenvalue weighted by Crippen LogP contribution is -2.33. The number of aldehydes is 1. The summed E-state index contributed by atoms with van der Waals surface area (Å²) < 4.78 is 37.4. The topological polar surface area (TPSA) is 17.1 Å². The highest BCUT2D eigenvalue weighted by Crippen LogP contribution is 2.17. The number of fused-ring (bicyclic) bond motifs is 1. The Balaban J connectivity index is 2.60. The van der Waals surface area contributed by atoms with Crippen molar-refractivity contribution in [2.75, 3.05) is 0 Å². The lowest BCUT2D eigenvalue weighted by atomic mass is 9.79. The first-order valence-electron chi connectivity index (χ1n) is 4.69. The molecule has 16 heavy (non-hydrogen) atoms. The third-order valence-electron chi connectivity index (χ3n) is 2.40. The zero-order valence-electron chi connectivity index (χ0n) is 8.16. The van der Waals surface area contributed by atoms with Gasteiger partial charge in [-0.15, -0.1) is 5.46 Å². The van der Waals surface area contributed by atoms with Crippen molar-refractivity contribution in [1.82, 2.24) is 0 Å². The first-order chi connectivity index (χ1) is 7.50. The van der Waals surface area contributed by atoms with E-state index in [-0.39, 0.29) is 0 Å². The van der Waals surface area contributed by atoms with E-state index in [1.165, 1.54) is 18.2 Å². The lowest BCUT2D eigenvalue weighted by molar-refractivity contribution is 0.112. The Kier molecular flexibility index (Phi) is 2.46. The highest BCUT2D eigenvalue weighted by atomic mass is 19.4. The molecule has 2 rings (SSSR count). The first kappa shape index (κ1) is 10.7. The Hall–Kier alpha value is -1.78. The predicted octanol–water partition coefficient (Wildman–Crippen LogP) is 2.71. The number of hydrogen-bond donors (Lipinski definition) is 0. The van der Waals surface area contributed by atoms with Gasteiger partial charge in [-0.25, -0.2) is 0 Å². The monoisotopic (exact) mass is 223 g/mol. The summed E-state index contributed by atoms with van der Waals surface area (Å²) in [6, 6.07) is 8.11. The molecular weight excluding hydrogens is 216 g/mol. The molecule has 0 aliphatic carbocycles. The minimum absolute atomic E-state index is 0.456. The number of benzene rings is 2. The van der Waals surface area contributed by atoms with Gasteiger partial charge in [0, 0.05) is 5.56 Å². The van der Waals surface area contributed by atoms with E-state index in [4.69, 9.17) is 0 Å². The van der Waals surface area contributed by atoms with Crippen LogP contribution in [0.3, 0.4) is 0 Å². The number of halogens is 3. The average molecular weight is 223 g/mol. The van der Waals surface area contributed by atoms with E-state index in [9.17, 15) is 17.7 Å². The van der Waals surface area contributed by atoms with E-state index in [1.54, 1.807) is 6.07 Å². The van der Waals surface area contributed by atoms with Crippen LogP contribution in [0.4, 0.5) is 12.9 Å². The van der Waals surface area contributed by atoms with Gasteiger partial charge in [0.05, 0.1) is 0 Å². The summed E-state index contributed by atoms with van der Waals surface area (Å²) in [7, 11) is 0. The molecule has 0 radical (unpaired) electrons. The second-order valence-electron chi connectivity index (χ2n) is 3.56. The van der Waals surface area contributed by atoms with Crippen LogP contribution in [0.25, 0.3) is 10.8 Å². The van der Waals surface area contributed by atoms with E-state index < -0.39 is 12.4 Å². The normalized spacial score (nSPS) is 11.7. The van der Waals surface area contributed by atoms with Crippen LogP contribution < -0.4 is 5.46 Å². The fourth-order valence-corrected chi connectivity index (χ4v) is 1.56. The molecule has 0 aliphatic heterocycles. The molecule has 1 nitrogen and oxygen atoms in total. The highest BCUT2D eigenvalue weighted by Gasteiger charge is 2.25. The molecule has 0 fully saturated rings. The smallest absolute Gasteiger partial charge is 0.445 e. The second-order valence-corrected chi connectivity index (χ2v) is 3.56. The summed E-state index contributed by atoms with van der Waals surface area (Å²) in [5, 5.41) is 1.12. The van der Waals surface area contributed by atoms with Crippen LogP contribution >= 0.6 is 0 Å². The number of carbonyl (C=O) groups excluding carboxylic acids is 1. The molecule has 0 aromatic heterocycles. The van der Waals surface area contributed by atoms with Gasteiger partial charge in [0.1, 0.15) is 6.29 Å². The zero-order valence-corrected chi connectivity index (χ0v) is 8.16. The van der Waals surface area contributed by atoms with Crippen LogP contribution in [0.1, 0.15) is 10.4 Å². The van der Waals surface area contributed by atoms with Crippen molar-refractivity contribution < 1.29 is 17.7 Å². The summed E-state index contributed by atoms with van der Waals surface area (Å²) in [5.41, 5.74) is -0.163. The van der Waals surface area contributed by atoms with Gasteiger partial charge in [0.25, 0.3) is 0 Å². The Morgan fingerprint density at radius 2 is 1.56 bits per heavy atom. The molecule has 0 atom stereocenters. The summed E-state index contributed by atoms with van der Waals surface area (Å²) in [6.07, 6.45) is 0.668. The molecule has 0 aliphatic rings. The van der Waals surface area contributed by atoms with Gasteiger partial charge >= 0.3 is 6.98 Å². The Morgan fingerprint density at radius 3 is 2.19 bits per heavy atom. The van der Waals surface area contributed by atoms with Crippen LogP contribution in [0.2, 0.25) is 0 Å². The van der Waals surface area contributed by atoms with Crippen molar-refractivity contribution in [2.24, 2.45) is 0 Å². The number of hydrogen-bond acceptors (Lipinski definition) is 1. The van der Waals surface area contributed by atoms with Gasteiger partial charge in [-0.2, -0.15) is 0 Å². The summed E-state index contributed by atoms with van der Waals surface area (Å²) in [6.45, 7) is -4.97. The van der Waals surface area contributed by atoms with Crippen LogP contribution in [0.5, 0.6) is 0 Å². The van der Waals surface area contributed by atoms with Crippen LogP contribution in [-0.2, 0) is 0 Å². The van der Waals surface area contributed by atoms with Crippen molar-refractivity contribution in [2.45, 2.75) is 0 Å². The number of rotatable bonds is 2. The van der Waals surface area contributed by atoms with Crippen molar-refractivity contribution in [3.63, 3.8) is 0 Å². The minimum atomic E-state index is -4.97. The molecule has 0 saturated heterocycles. The van der Waals surface area contributed by atoms with Gasteiger partial charge in [-0.1, -0.05) is 30.3 Å². The van der Waals surface area contributed by atoms with Crippen LogP contribution in [0.15, 0.2) is 36.4 Å². The average Bonchev–Trinajstić information content (AvgIpc) is 2.26. The highest BCUT2D eigenvalue weighted by molar-refractivity contribution is 6.73. The molecule has 5 heteroatoms. The SMILES string of the molecule is O=Cc1ccc2cc([B-](F)(F)F)ccc2c1. The summed E-state index contributed by atoms with van der Waals surface area (Å²) in [5.74, 6) is 0. The van der Waals surface area contributed by atoms with Crippen LogP contribution in [0, 0.1) is 0 Å². The molecule has 0 bridgehead atoms. The van der Waals surface area contributed by atoms with Gasteiger partial charge < -0.3 is 12.9 Å². The molecule has 0 spiro atoms. The Bertz CT molecular complexity index is 548. The van der Waals surface area contributed by atoms with Gasteiger partial charge in [-0.05, 0) is 16.8 Å². The molecule has 0 heterocycles. The predicted molar refractivity (Wildman–Crippen MR) is 58.0 cm³/mol. The van der Waals surface area contributed by atoms with Crippen molar-refractivity contribution in [1.29, 1.82) is 0 Å². The summed E-state index contributed by atoms with van der Waals surface area (Å²) >= 11 is 0. The van der Waals surface area contributed by atoms with E-state index >= 15 is 0 Å². The largest absolute Gasteiger partial charge is 0.509 e. The van der Waals surface area contributed by atoms with Gasteiger partial charge in [0.2, 0.25) is 0 Å². The summed E-state index contributed by atoms with van der Waals surface area (Å²) in [4.78, 5) is 10.5. The Labute approximate surface area is 89.9 Å². The standard InChI is InChI=1S/C11H7BF3O/c13-12(14,15)11-4-3-9-5-8(7-16)1-2-10(9)6-11/h1-7H/q-1. The molecule has 0 saturated carbocycles. The first-order valence-corrected chi connectivity index (χ1v) is 4.69. The van der Waals surface area contributed by atoms with Crippen molar-refractivity contribution in [3.8, 4) is 0 Å². The molecule has 2 aromatic rings. The van der Waals surface area contributed by atoms with Crippen molar-refractivity contribution in [3.05, 3.63) is 42.0 Å². The molecule has 2 aromatic carbocycles. The second kappa shape index (κ2) is 3.66. The lowest BCUT2D eigenvalue weighted by Gasteiger charge is -2.15. The zero-order chi connectivity index (χ0) is 11.8. The molecule has 0 amide bonds. The molecular formula is C11H7BF3O-. The maximum atomic E-state index is 12.5.